The average molecular weight is 229 g/mol. The summed E-state index contributed by atoms with van der Waals surface area (Å²) in [5.41, 5.74) is 4.97. The van der Waals surface area contributed by atoms with Gasteiger partial charge in [0.1, 0.15) is 0 Å². The number of hydrogen-bond donors (Lipinski definition) is 2. The van der Waals surface area contributed by atoms with Gasteiger partial charge < -0.3 is 10.1 Å². The lowest BCUT2D eigenvalue weighted by atomic mass is 9.75. The molecule has 0 saturated carbocycles. The smallest absolute Gasteiger partial charge is 0.0818 e. The van der Waals surface area contributed by atoms with Gasteiger partial charge in [-0.05, 0) is 30.7 Å². The fraction of sp³-hybridized carbons (Fsp3) is 0.467. The lowest BCUT2D eigenvalue weighted by Crippen LogP contribution is -2.25. The molecular formula is C15H19NO. The van der Waals surface area contributed by atoms with Crippen molar-refractivity contribution < 1.29 is 5.11 Å². The zero-order valence-corrected chi connectivity index (χ0v) is 10.7. The molecular weight excluding hydrogens is 210 g/mol. The summed E-state index contributed by atoms with van der Waals surface area (Å²) in [6, 6.07) is 6.29. The van der Waals surface area contributed by atoms with E-state index in [0.717, 1.165) is 18.4 Å². The quantitative estimate of drug-likeness (QED) is 0.712. The molecule has 17 heavy (non-hydrogen) atoms. The number of para-hydroxylation sites is 1. The number of H-pyrrole nitrogens is 1. The molecule has 0 radical (unpaired) electrons. The van der Waals surface area contributed by atoms with E-state index in [4.69, 9.17) is 0 Å². The number of nitrogens with one attached hydrogen (secondary N) is 1. The molecule has 0 saturated heterocycles. The van der Waals surface area contributed by atoms with E-state index in [1.54, 1.807) is 0 Å². The summed E-state index contributed by atoms with van der Waals surface area (Å²) >= 11 is 0. The maximum absolute atomic E-state index is 10.4. The van der Waals surface area contributed by atoms with Crippen molar-refractivity contribution in [3.63, 3.8) is 0 Å². The van der Waals surface area contributed by atoms with Crippen molar-refractivity contribution in [2.75, 3.05) is 0 Å². The molecule has 3 rings (SSSR count). The molecule has 0 fully saturated rings. The fourth-order valence-electron chi connectivity index (χ4n) is 3.14. The SMILES string of the molecule is Cc1cccc2c3c([nH]c12)CC(C)(C)CC3O. The molecule has 90 valence electrons. The summed E-state index contributed by atoms with van der Waals surface area (Å²) in [6.07, 6.45) is 1.54. The number of rotatable bonds is 0. The van der Waals surface area contributed by atoms with Gasteiger partial charge in [-0.25, -0.2) is 0 Å². The Morgan fingerprint density at radius 3 is 2.88 bits per heavy atom. The minimum Gasteiger partial charge on any atom is -0.388 e. The van der Waals surface area contributed by atoms with Gasteiger partial charge in [0.25, 0.3) is 0 Å². The predicted molar refractivity (Wildman–Crippen MR) is 70.1 cm³/mol. The van der Waals surface area contributed by atoms with Crippen LogP contribution in [0.2, 0.25) is 0 Å². The first-order chi connectivity index (χ1) is 7.98. The molecule has 0 spiro atoms. The molecule has 1 aromatic heterocycles. The Morgan fingerprint density at radius 2 is 2.12 bits per heavy atom. The number of aliphatic hydroxyl groups excluding tert-OH is 1. The third-order valence-electron chi connectivity index (χ3n) is 3.90. The molecule has 1 unspecified atom stereocenters. The molecule has 1 aromatic carbocycles. The highest BCUT2D eigenvalue weighted by molar-refractivity contribution is 5.87. The second-order valence-electron chi connectivity index (χ2n) is 6.08. The van der Waals surface area contributed by atoms with E-state index in [2.05, 4.69) is 44.0 Å². The van der Waals surface area contributed by atoms with Crippen molar-refractivity contribution in [1.29, 1.82) is 0 Å². The van der Waals surface area contributed by atoms with Gasteiger partial charge in [-0.15, -0.1) is 0 Å². The van der Waals surface area contributed by atoms with Crippen molar-refractivity contribution in [2.24, 2.45) is 5.41 Å². The first-order valence-electron chi connectivity index (χ1n) is 6.26. The van der Waals surface area contributed by atoms with Gasteiger partial charge in [0.05, 0.1) is 6.10 Å². The standard InChI is InChI=1S/C15H19NO/c1-9-5-4-6-10-13-11(16-14(9)10)7-15(2,3)8-12(13)17/h4-6,12,16-17H,7-8H2,1-3H3. The molecule has 1 atom stereocenters. The maximum Gasteiger partial charge on any atom is 0.0818 e. The zero-order valence-electron chi connectivity index (χ0n) is 10.7. The predicted octanol–water partition coefficient (Wildman–Crippen LogP) is 3.48. The van der Waals surface area contributed by atoms with E-state index in [1.807, 2.05) is 0 Å². The van der Waals surface area contributed by atoms with Gasteiger partial charge in [0, 0.05) is 22.2 Å². The number of benzene rings is 1. The Balaban J connectivity index is 2.28. The Morgan fingerprint density at radius 1 is 1.35 bits per heavy atom. The first-order valence-corrected chi connectivity index (χ1v) is 6.26. The summed E-state index contributed by atoms with van der Waals surface area (Å²) in [5.74, 6) is 0. The Labute approximate surface area is 102 Å². The van der Waals surface area contributed by atoms with Gasteiger partial charge >= 0.3 is 0 Å². The van der Waals surface area contributed by atoms with Gasteiger partial charge in [-0.1, -0.05) is 32.0 Å². The molecule has 0 amide bonds. The van der Waals surface area contributed by atoms with E-state index in [9.17, 15) is 5.11 Å². The number of aromatic nitrogens is 1. The van der Waals surface area contributed by atoms with Crippen LogP contribution in [-0.4, -0.2) is 10.1 Å². The number of aromatic amines is 1. The van der Waals surface area contributed by atoms with Crippen LogP contribution in [0.1, 0.15) is 43.2 Å². The Kier molecular flexibility index (Phi) is 2.14. The van der Waals surface area contributed by atoms with Crippen molar-refractivity contribution in [3.8, 4) is 0 Å². The first kappa shape index (κ1) is 10.8. The van der Waals surface area contributed by atoms with Crippen molar-refractivity contribution >= 4 is 10.9 Å². The van der Waals surface area contributed by atoms with Gasteiger partial charge in [0.15, 0.2) is 0 Å². The van der Waals surface area contributed by atoms with E-state index >= 15 is 0 Å². The largest absolute Gasteiger partial charge is 0.388 e. The highest BCUT2D eigenvalue weighted by Gasteiger charge is 2.33. The summed E-state index contributed by atoms with van der Waals surface area (Å²) < 4.78 is 0. The Hall–Kier alpha value is -1.28. The summed E-state index contributed by atoms with van der Waals surface area (Å²) in [4.78, 5) is 3.51. The number of hydrogen-bond acceptors (Lipinski definition) is 1. The molecule has 1 aliphatic carbocycles. The molecule has 2 nitrogen and oxygen atoms in total. The monoisotopic (exact) mass is 229 g/mol. The van der Waals surface area contributed by atoms with Crippen molar-refractivity contribution in [1.82, 2.24) is 4.98 Å². The molecule has 1 heterocycles. The van der Waals surface area contributed by atoms with E-state index < -0.39 is 0 Å². The molecule has 2 aromatic rings. The van der Waals surface area contributed by atoms with E-state index in [1.165, 1.54) is 22.2 Å². The topological polar surface area (TPSA) is 36.0 Å². The minimum absolute atomic E-state index is 0.182. The Bertz CT molecular complexity index is 580. The minimum atomic E-state index is -0.329. The number of aryl methyl sites for hydroxylation is 1. The van der Waals surface area contributed by atoms with Crippen LogP contribution in [0, 0.1) is 12.3 Å². The molecule has 0 bridgehead atoms. The van der Waals surface area contributed by atoms with Crippen LogP contribution in [0.4, 0.5) is 0 Å². The molecule has 1 aliphatic rings. The highest BCUT2D eigenvalue weighted by Crippen LogP contribution is 2.43. The van der Waals surface area contributed by atoms with Crippen LogP contribution in [-0.2, 0) is 6.42 Å². The summed E-state index contributed by atoms with van der Waals surface area (Å²) in [6.45, 7) is 6.55. The number of fused-ring (bicyclic) bond motifs is 3. The molecule has 2 heteroatoms. The molecule has 2 N–H and O–H groups in total. The van der Waals surface area contributed by atoms with Crippen LogP contribution in [0.25, 0.3) is 10.9 Å². The fourth-order valence-corrected chi connectivity index (χ4v) is 3.14. The lowest BCUT2D eigenvalue weighted by Gasteiger charge is -2.32. The molecule has 0 aliphatic heterocycles. The van der Waals surface area contributed by atoms with Gasteiger partial charge in [0.2, 0.25) is 0 Å². The average Bonchev–Trinajstić information content (AvgIpc) is 2.55. The highest BCUT2D eigenvalue weighted by atomic mass is 16.3. The second-order valence-corrected chi connectivity index (χ2v) is 6.08. The van der Waals surface area contributed by atoms with Gasteiger partial charge in [-0.3, -0.25) is 0 Å². The normalized spacial score (nSPS) is 22.7. The zero-order chi connectivity index (χ0) is 12.2. The summed E-state index contributed by atoms with van der Waals surface area (Å²) in [7, 11) is 0. The van der Waals surface area contributed by atoms with E-state index in [-0.39, 0.29) is 11.5 Å². The maximum atomic E-state index is 10.4. The second kappa shape index (κ2) is 3.36. The number of aliphatic hydroxyl groups is 1. The van der Waals surface area contributed by atoms with Crippen LogP contribution >= 0.6 is 0 Å². The third kappa shape index (κ3) is 1.59. The van der Waals surface area contributed by atoms with Crippen LogP contribution in [0.5, 0.6) is 0 Å². The van der Waals surface area contributed by atoms with Crippen LogP contribution < -0.4 is 0 Å². The van der Waals surface area contributed by atoms with Crippen molar-refractivity contribution in [3.05, 3.63) is 35.0 Å². The third-order valence-corrected chi connectivity index (χ3v) is 3.90. The van der Waals surface area contributed by atoms with E-state index in [0.29, 0.717) is 0 Å². The van der Waals surface area contributed by atoms with Gasteiger partial charge in [-0.2, -0.15) is 0 Å². The lowest BCUT2D eigenvalue weighted by molar-refractivity contribution is 0.100. The van der Waals surface area contributed by atoms with Crippen LogP contribution in [0.15, 0.2) is 18.2 Å². The van der Waals surface area contributed by atoms with Crippen LogP contribution in [0.3, 0.4) is 0 Å². The summed E-state index contributed by atoms with van der Waals surface area (Å²) in [5, 5.41) is 11.6. The van der Waals surface area contributed by atoms with Crippen molar-refractivity contribution in [2.45, 2.75) is 39.7 Å².